The number of hydrogen-bond acceptors (Lipinski definition) is 5. The average molecular weight is 278 g/mol. The predicted molar refractivity (Wildman–Crippen MR) is 72.2 cm³/mol. The highest BCUT2D eigenvalue weighted by Gasteiger charge is 2.39. The van der Waals surface area contributed by atoms with Crippen LogP contribution in [0.4, 0.5) is 5.82 Å². The van der Waals surface area contributed by atoms with Crippen LogP contribution in [0.3, 0.4) is 0 Å². The molecule has 0 radical (unpaired) electrons. The lowest BCUT2D eigenvalue weighted by Gasteiger charge is -2.33. The number of carbonyl (C=O) groups excluding carboxylic acids is 1. The zero-order chi connectivity index (χ0) is 14.6. The van der Waals surface area contributed by atoms with E-state index in [0.717, 1.165) is 19.3 Å². The van der Waals surface area contributed by atoms with Gasteiger partial charge in [-0.3, -0.25) is 9.59 Å². The summed E-state index contributed by atoms with van der Waals surface area (Å²) in [6.07, 6.45) is 4.28. The summed E-state index contributed by atoms with van der Waals surface area (Å²) in [6.45, 7) is 0.312. The minimum absolute atomic E-state index is 0.0844. The quantitative estimate of drug-likeness (QED) is 0.740. The van der Waals surface area contributed by atoms with Gasteiger partial charge in [-0.05, 0) is 25.0 Å². The lowest BCUT2D eigenvalue weighted by Crippen LogP contribution is -2.39. The van der Waals surface area contributed by atoms with Crippen molar-refractivity contribution in [1.82, 2.24) is 10.2 Å². The normalized spacial score (nSPS) is 17.4. The van der Waals surface area contributed by atoms with Crippen molar-refractivity contribution in [2.24, 2.45) is 11.1 Å². The fourth-order valence-electron chi connectivity index (χ4n) is 2.51. The van der Waals surface area contributed by atoms with E-state index < -0.39 is 17.3 Å². The molecule has 7 heteroatoms. The second-order valence-electron chi connectivity index (χ2n) is 5.17. The van der Waals surface area contributed by atoms with Gasteiger partial charge < -0.3 is 16.2 Å². The predicted octanol–water partition coefficient (Wildman–Crippen LogP) is 1.02. The molecule has 1 aromatic rings. The Hall–Kier alpha value is -2.18. The topological polar surface area (TPSA) is 118 Å². The molecule has 0 unspecified atom stereocenters. The monoisotopic (exact) mass is 278 g/mol. The Balaban J connectivity index is 2.02. The number of carboxylic acids is 1. The van der Waals surface area contributed by atoms with Crippen molar-refractivity contribution in [3.8, 4) is 0 Å². The van der Waals surface area contributed by atoms with Gasteiger partial charge in [-0.25, -0.2) is 0 Å². The lowest BCUT2D eigenvalue weighted by molar-refractivity contribution is -0.150. The molecule has 1 aromatic heterocycles. The van der Waals surface area contributed by atoms with E-state index >= 15 is 0 Å². The molecule has 0 atom stereocenters. The van der Waals surface area contributed by atoms with Crippen LogP contribution in [-0.2, 0) is 4.79 Å². The molecule has 0 spiro atoms. The van der Waals surface area contributed by atoms with Crippen molar-refractivity contribution >= 4 is 17.7 Å². The molecule has 7 nitrogen and oxygen atoms in total. The molecule has 4 N–H and O–H groups in total. The van der Waals surface area contributed by atoms with E-state index in [1.165, 1.54) is 6.07 Å². The number of anilines is 1. The van der Waals surface area contributed by atoms with Gasteiger partial charge in [-0.1, -0.05) is 19.3 Å². The molecule has 1 saturated carbocycles. The summed E-state index contributed by atoms with van der Waals surface area (Å²) in [5.41, 5.74) is 4.43. The Morgan fingerprint density at radius 2 is 1.95 bits per heavy atom. The molecule has 108 valence electrons. The van der Waals surface area contributed by atoms with Gasteiger partial charge in [0.05, 0.1) is 5.41 Å². The molecule has 2 rings (SSSR count). The summed E-state index contributed by atoms with van der Waals surface area (Å²) in [5.74, 6) is -0.967. The van der Waals surface area contributed by atoms with E-state index in [-0.39, 0.29) is 5.69 Å². The second kappa shape index (κ2) is 5.85. The maximum Gasteiger partial charge on any atom is 0.311 e. The van der Waals surface area contributed by atoms with Crippen molar-refractivity contribution in [3.63, 3.8) is 0 Å². The molecule has 0 bridgehead atoms. The Morgan fingerprint density at radius 3 is 2.45 bits per heavy atom. The first-order valence-electron chi connectivity index (χ1n) is 6.64. The summed E-state index contributed by atoms with van der Waals surface area (Å²) in [4.78, 5) is 22.4. The Labute approximate surface area is 116 Å². The largest absolute Gasteiger partial charge is 0.481 e. The average Bonchev–Trinajstić information content (AvgIpc) is 2.46. The first-order valence-corrected chi connectivity index (χ1v) is 6.64. The van der Waals surface area contributed by atoms with Crippen LogP contribution in [-0.4, -0.2) is 33.7 Å². The van der Waals surface area contributed by atoms with E-state index in [4.69, 9.17) is 5.73 Å². The number of carboxylic acid groups (broad SMARTS) is 1. The van der Waals surface area contributed by atoms with E-state index in [2.05, 4.69) is 15.5 Å². The number of amides is 1. The number of carbonyl (C=O) groups is 2. The highest BCUT2D eigenvalue weighted by atomic mass is 16.4. The summed E-state index contributed by atoms with van der Waals surface area (Å²) in [5, 5.41) is 19.9. The Bertz CT molecular complexity index is 495. The van der Waals surface area contributed by atoms with Crippen LogP contribution < -0.4 is 11.1 Å². The van der Waals surface area contributed by atoms with Crippen molar-refractivity contribution in [2.75, 3.05) is 11.9 Å². The van der Waals surface area contributed by atoms with Crippen LogP contribution in [0, 0.1) is 5.41 Å². The molecular formula is C13H18N4O3. The van der Waals surface area contributed by atoms with Gasteiger partial charge in [0.2, 0.25) is 0 Å². The fourth-order valence-corrected chi connectivity index (χ4v) is 2.51. The van der Waals surface area contributed by atoms with Crippen molar-refractivity contribution in [1.29, 1.82) is 0 Å². The summed E-state index contributed by atoms with van der Waals surface area (Å²) in [7, 11) is 0. The van der Waals surface area contributed by atoms with Crippen LogP contribution in [0.1, 0.15) is 42.6 Å². The minimum atomic E-state index is -0.772. The first-order chi connectivity index (χ1) is 9.53. The van der Waals surface area contributed by atoms with Gasteiger partial charge in [-0.2, -0.15) is 0 Å². The third-order valence-electron chi connectivity index (χ3n) is 3.79. The molecule has 0 saturated heterocycles. The SMILES string of the molecule is NC(=O)c1ccc(NCC2(C(=O)O)CCCCC2)nn1. The van der Waals surface area contributed by atoms with E-state index in [9.17, 15) is 14.7 Å². The van der Waals surface area contributed by atoms with E-state index in [0.29, 0.717) is 25.2 Å². The van der Waals surface area contributed by atoms with Gasteiger partial charge in [-0.15, -0.1) is 10.2 Å². The number of nitrogens with zero attached hydrogens (tertiary/aromatic N) is 2. The molecule has 1 aliphatic rings. The molecule has 1 amide bonds. The summed E-state index contributed by atoms with van der Waals surface area (Å²) >= 11 is 0. The smallest absolute Gasteiger partial charge is 0.311 e. The molecule has 0 aromatic carbocycles. The Morgan fingerprint density at radius 1 is 1.25 bits per heavy atom. The van der Waals surface area contributed by atoms with Crippen molar-refractivity contribution in [3.05, 3.63) is 17.8 Å². The van der Waals surface area contributed by atoms with Crippen LogP contribution in [0.15, 0.2) is 12.1 Å². The molecule has 1 heterocycles. The van der Waals surface area contributed by atoms with Gasteiger partial charge in [0.15, 0.2) is 5.69 Å². The van der Waals surface area contributed by atoms with Crippen LogP contribution >= 0.6 is 0 Å². The maximum absolute atomic E-state index is 11.5. The lowest BCUT2D eigenvalue weighted by atomic mass is 9.74. The molecular weight excluding hydrogens is 260 g/mol. The van der Waals surface area contributed by atoms with Crippen LogP contribution in [0.2, 0.25) is 0 Å². The highest BCUT2D eigenvalue weighted by molar-refractivity contribution is 5.90. The second-order valence-corrected chi connectivity index (χ2v) is 5.17. The number of aliphatic carboxylic acids is 1. The van der Waals surface area contributed by atoms with Crippen molar-refractivity contribution in [2.45, 2.75) is 32.1 Å². The molecule has 1 aliphatic carbocycles. The zero-order valence-corrected chi connectivity index (χ0v) is 11.1. The van der Waals surface area contributed by atoms with Crippen molar-refractivity contribution < 1.29 is 14.7 Å². The zero-order valence-electron chi connectivity index (χ0n) is 11.1. The van der Waals surface area contributed by atoms with Gasteiger partial charge in [0, 0.05) is 6.54 Å². The summed E-state index contributed by atoms with van der Waals surface area (Å²) < 4.78 is 0. The number of primary amides is 1. The third kappa shape index (κ3) is 3.04. The van der Waals surface area contributed by atoms with Gasteiger partial charge >= 0.3 is 5.97 Å². The van der Waals surface area contributed by atoms with Gasteiger partial charge in [0.1, 0.15) is 5.82 Å². The van der Waals surface area contributed by atoms with Crippen LogP contribution in [0.25, 0.3) is 0 Å². The highest BCUT2D eigenvalue weighted by Crippen LogP contribution is 2.36. The fraction of sp³-hybridized carbons (Fsp3) is 0.538. The minimum Gasteiger partial charge on any atom is -0.481 e. The summed E-state index contributed by atoms with van der Waals surface area (Å²) in [6, 6.07) is 3.04. The number of rotatable bonds is 5. The number of nitrogens with two attached hydrogens (primary N) is 1. The van der Waals surface area contributed by atoms with Crippen LogP contribution in [0.5, 0.6) is 0 Å². The number of hydrogen-bond donors (Lipinski definition) is 3. The molecule has 20 heavy (non-hydrogen) atoms. The standard InChI is InChI=1S/C13H18N4O3/c14-11(18)9-4-5-10(17-16-9)15-8-13(12(19)20)6-2-1-3-7-13/h4-5H,1-3,6-8H2,(H2,14,18)(H,15,17)(H,19,20). The molecule has 1 fully saturated rings. The maximum atomic E-state index is 11.5. The first kappa shape index (κ1) is 14.2. The number of nitrogens with one attached hydrogen (secondary N) is 1. The molecule has 0 aliphatic heterocycles. The van der Waals surface area contributed by atoms with Gasteiger partial charge in [0.25, 0.3) is 5.91 Å². The Kier molecular flexibility index (Phi) is 4.16. The number of aromatic nitrogens is 2. The third-order valence-corrected chi connectivity index (χ3v) is 3.79. The van der Waals surface area contributed by atoms with E-state index in [1.807, 2.05) is 0 Å². The van der Waals surface area contributed by atoms with E-state index in [1.54, 1.807) is 6.07 Å².